The molecule has 0 aliphatic rings. The van der Waals surface area contributed by atoms with Gasteiger partial charge >= 0.3 is 12.1 Å². The van der Waals surface area contributed by atoms with Gasteiger partial charge in [-0.15, -0.1) is 0 Å². The van der Waals surface area contributed by atoms with E-state index in [-0.39, 0.29) is 25.3 Å². The first-order valence-electron chi connectivity index (χ1n) is 8.98. The van der Waals surface area contributed by atoms with E-state index >= 15 is 0 Å². The number of hydrogen-bond donors (Lipinski definition) is 3. The number of carbonyl (C=O) groups is 3. The number of rotatable bonds is 8. The second kappa shape index (κ2) is 9.01. The molecule has 0 unspecified atom stereocenters. The number of nitrogens with one attached hydrogen (secondary N) is 1. The van der Waals surface area contributed by atoms with Gasteiger partial charge in [0.1, 0.15) is 6.04 Å². The Bertz CT molecular complexity index is 854. The molecule has 28 heavy (non-hydrogen) atoms. The Labute approximate surface area is 167 Å². The quantitative estimate of drug-likeness (QED) is 0.613. The van der Waals surface area contributed by atoms with E-state index in [0.717, 1.165) is 26.2 Å². The summed E-state index contributed by atoms with van der Waals surface area (Å²) in [6.45, 7) is 7.43. The molecule has 0 saturated carbocycles. The number of carbonyl (C=O) groups excluding carboxylic acids is 1. The van der Waals surface area contributed by atoms with Crippen molar-refractivity contribution in [2.75, 3.05) is 11.9 Å². The molecule has 2 rings (SSSR count). The second-order valence-corrected chi connectivity index (χ2v) is 8.21. The van der Waals surface area contributed by atoms with Crippen LogP contribution < -0.4 is 5.32 Å². The maximum Gasteiger partial charge on any atom is 0.408 e. The third-order valence-corrected chi connectivity index (χ3v) is 5.37. The van der Waals surface area contributed by atoms with Crippen LogP contribution in [-0.2, 0) is 9.59 Å². The predicted octanol–water partition coefficient (Wildman–Crippen LogP) is 3.72. The average Bonchev–Trinajstić information content (AvgIpc) is 2.94. The lowest BCUT2D eigenvalue weighted by molar-refractivity contribution is -0.143. The molecule has 3 N–H and O–H groups in total. The lowest BCUT2D eigenvalue weighted by Gasteiger charge is -2.27. The van der Waals surface area contributed by atoms with Crippen molar-refractivity contribution in [1.82, 2.24) is 9.88 Å². The summed E-state index contributed by atoms with van der Waals surface area (Å²) in [5.41, 5.74) is 3.03. The summed E-state index contributed by atoms with van der Waals surface area (Å²) in [4.78, 5) is 40.4. The number of hydrogen-bond acceptors (Lipinski definition) is 5. The number of benzene rings is 1. The van der Waals surface area contributed by atoms with E-state index in [0.29, 0.717) is 5.13 Å². The third-order valence-electron chi connectivity index (χ3n) is 4.43. The van der Waals surface area contributed by atoms with Crippen LogP contribution in [0.15, 0.2) is 12.1 Å². The van der Waals surface area contributed by atoms with Crippen LogP contribution in [-0.4, -0.2) is 50.7 Å². The van der Waals surface area contributed by atoms with Gasteiger partial charge in [0.25, 0.3) is 0 Å². The van der Waals surface area contributed by atoms with Crippen LogP contribution in [0, 0.1) is 19.8 Å². The molecule has 9 heteroatoms. The first-order valence-corrected chi connectivity index (χ1v) is 9.80. The van der Waals surface area contributed by atoms with Crippen molar-refractivity contribution >= 4 is 44.7 Å². The Morgan fingerprint density at radius 1 is 1.18 bits per heavy atom. The van der Waals surface area contributed by atoms with Crippen LogP contribution in [0.4, 0.5) is 9.93 Å². The Hall–Kier alpha value is -2.68. The van der Waals surface area contributed by atoms with Crippen LogP contribution in [0.1, 0.15) is 37.8 Å². The Kier molecular flexibility index (Phi) is 6.95. The Morgan fingerprint density at radius 3 is 2.39 bits per heavy atom. The van der Waals surface area contributed by atoms with Gasteiger partial charge in [0.2, 0.25) is 5.91 Å². The van der Waals surface area contributed by atoms with E-state index in [1.54, 1.807) is 0 Å². The lowest BCUT2D eigenvalue weighted by atomic mass is 10.0. The molecule has 0 spiro atoms. The molecule has 0 fully saturated rings. The minimum atomic E-state index is -1.35. The molecule has 8 nitrogen and oxygen atoms in total. The number of thiazole rings is 1. The SMILES string of the molecule is Cc1cc2nc(NC(=O)CCN(C(=O)O)[C@@H](CC(C)C)C(=O)O)sc2cc1C. The van der Waals surface area contributed by atoms with E-state index in [4.69, 9.17) is 0 Å². The molecule has 1 aromatic carbocycles. The van der Waals surface area contributed by atoms with Crippen LogP contribution in [0.25, 0.3) is 10.2 Å². The Morgan fingerprint density at radius 2 is 1.82 bits per heavy atom. The average molecular weight is 407 g/mol. The largest absolute Gasteiger partial charge is 0.480 e. The van der Waals surface area contributed by atoms with Crippen molar-refractivity contribution in [3.8, 4) is 0 Å². The summed E-state index contributed by atoms with van der Waals surface area (Å²) in [6.07, 6.45) is -1.33. The summed E-state index contributed by atoms with van der Waals surface area (Å²) >= 11 is 1.34. The molecule has 2 aromatic rings. The highest BCUT2D eigenvalue weighted by Crippen LogP contribution is 2.28. The monoisotopic (exact) mass is 407 g/mol. The fourth-order valence-electron chi connectivity index (χ4n) is 2.83. The van der Waals surface area contributed by atoms with Crippen molar-refractivity contribution in [2.24, 2.45) is 5.92 Å². The molecular weight excluding hydrogens is 382 g/mol. The van der Waals surface area contributed by atoms with Crippen molar-refractivity contribution < 1.29 is 24.6 Å². The van der Waals surface area contributed by atoms with Gasteiger partial charge in [-0.1, -0.05) is 25.2 Å². The maximum atomic E-state index is 12.3. The lowest BCUT2D eigenvalue weighted by Crippen LogP contribution is -2.46. The van der Waals surface area contributed by atoms with Gasteiger partial charge in [-0.25, -0.2) is 14.6 Å². The highest BCUT2D eigenvalue weighted by molar-refractivity contribution is 7.22. The molecule has 1 aromatic heterocycles. The van der Waals surface area contributed by atoms with Gasteiger partial charge in [-0.3, -0.25) is 9.69 Å². The highest BCUT2D eigenvalue weighted by Gasteiger charge is 2.30. The maximum absolute atomic E-state index is 12.3. The normalized spacial score (nSPS) is 12.2. The van der Waals surface area contributed by atoms with Gasteiger partial charge < -0.3 is 15.5 Å². The van der Waals surface area contributed by atoms with Crippen molar-refractivity contribution in [1.29, 1.82) is 0 Å². The predicted molar refractivity (Wildman–Crippen MR) is 108 cm³/mol. The third kappa shape index (κ3) is 5.41. The molecule has 152 valence electrons. The molecule has 1 atom stereocenters. The number of aromatic nitrogens is 1. The number of fused-ring (bicyclic) bond motifs is 1. The molecule has 0 saturated heterocycles. The number of carboxylic acids is 1. The molecular formula is C19H25N3O5S. The minimum absolute atomic E-state index is 0.00596. The van der Waals surface area contributed by atoms with Crippen LogP contribution in [0.2, 0.25) is 0 Å². The zero-order chi connectivity index (χ0) is 21.0. The van der Waals surface area contributed by atoms with Crippen molar-refractivity contribution in [3.63, 3.8) is 0 Å². The zero-order valence-electron chi connectivity index (χ0n) is 16.4. The van der Waals surface area contributed by atoms with Crippen LogP contribution in [0.3, 0.4) is 0 Å². The van der Waals surface area contributed by atoms with Gasteiger partial charge in [0.05, 0.1) is 10.2 Å². The fourth-order valence-corrected chi connectivity index (χ4v) is 3.79. The number of nitrogens with zero attached hydrogens (tertiary/aromatic N) is 2. The number of anilines is 1. The highest BCUT2D eigenvalue weighted by atomic mass is 32.1. The van der Waals surface area contributed by atoms with Gasteiger partial charge in [0, 0.05) is 13.0 Å². The second-order valence-electron chi connectivity index (χ2n) is 7.18. The van der Waals surface area contributed by atoms with Crippen molar-refractivity contribution in [2.45, 2.75) is 46.6 Å². The van der Waals surface area contributed by atoms with Crippen molar-refractivity contribution in [3.05, 3.63) is 23.3 Å². The molecule has 2 amide bonds. The Balaban J connectivity index is 2.04. The summed E-state index contributed by atoms with van der Waals surface area (Å²) in [5.74, 6) is -1.62. The molecule has 0 aliphatic carbocycles. The minimum Gasteiger partial charge on any atom is -0.480 e. The topological polar surface area (TPSA) is 120 Å². The van der Waals surface area contributed by atoms with E-state index in [1.807, 2.05) is 39.8 Å². The van der Waals surface area contributed by atoms with E-state index in [2.05, 4.69) is 10.3 Å². The molecule has 0 bridgehead atoms. The number of aryl methyl sites for hydroxylation is 2. The fraction of sp³-hybridized carbons (Fsp3) is 0.474. The van der Waals surface area contributed by atoms with Gasteiger partial charge in [-0.05, 0) is 49.4 Å². The molecule has 0 aliphatic heterocycles. The van der Waals surface area contributed by atoms with E-state index in [1.165, 1.54) is 11.3 Å². The number of amides is 2. The summed E-state index contributed by atoms with van der Waals surface area (Å²) in [5, 5.41) is 21.8. The van der Waals surface area contributed by atoms with Gasteiger partial charge in [0.15, 0.2) is 5.13 Å². The standard InChI is InChI=1S/C19H25N3O5S/c1-10(2)7-14(17(24)25)22(19(26)27)6-5-16(23)21-18-20-13-8-11(3)12(4)9-15(13)28-18/h8-10,14H,5-7H2,1-4H3,(H,24,25)(H,26,27)(H,20,21,23)/t14-/m0/s1. The van der Waals surface area contributed by atoms with E-state index < -0.39 is 24.0 Å². The molecule has 1 heterocycles. The van der Waals surface area contributed by atoms with E-state index in [9.17, 15) is 24.6 Å². The summed E-state index contributed by atoms with van der Waals surface area (Å²) in [7, 11) is 0. The molecule has 0 radical (unpaired) electrons. The first kappa shape index (κ1) is 21.6. The number of aliphatic carboxylic acids is 1. The van der Waals surface area contributed by atoms with Gasteiger partial charge in [-0.2, -0.15) is 0 Å². The smallest absolute Gasteiger partial charge is 0.408 e. The summed E-state index contributed by atoms with van der Waals surface area (Å²) < 4.78 is 0.952. The van der Waals surface area contributed by atoms with Crippen LogP contribution in [0.5, 0.6) is 0 Å². The zero-order valence-corrected chi connectivity index (χ0v) is 17.2. The first-order chi connectivity index (χ1) is 13.1. The summed E-state index contributed by atoms with van der Waals surface area (Å²) in [6, 6.07) is 2.78. The van der Waals surface area contributed by atoms with Crippen LogP contribution >= 0.6 is 11.3 Å². The number of carboxylic acid groups (broad SMARTS) is 2.